The van der Waals surface area contributed by atoms with Gasteiger partial charge < -0.3 is 28.8 Å². The molecule has 0 bridgehead atoms. The summed E-state index contributed by atoms with van der Waals surface area (Å²) in [6.45, 7) is 14.8. The van der Waals surface area contributed by atoms with Gasteiger partial charge in [-0.2, -0.15) is 5.26 Å². The van der Waals surface area contributed by atoms with Gasteiger partial charge in [0.1, 0.15) is 23.7 Å². The molecule has 0 unspecified atom stereocenters. The molecule has 1 N–H and O–H groups in total. The number of benzene rings is 2. The fraction of sp³-hybridized carbons (Fsp3) is 0.412. The maximum absolute atomic E-state index is 9.88. The molecule has 5 rings (SSSR count). The van der Waals surface area contributed by atoms with E-state index >= 15 is 0 Å². The molecule has 3 heterocycles. The summed E-state index contributed by atoms with van der Waals surface area (Å²) in [7, 11) is 1.69. The Kier molecular flexibility index (Phi) is 11.2. The minimum absolute atomic E-state index is 0.0547. The number of ether oxygens (including phenoxy) is 4. The van der Waals surface area contributed by atoms with Gasteiger partial charge in [0.25, 0.3) is 0 Å². The zero-order valence-corrected chi connectivity index (χ0v) is 25.2. The van der Waals surface area contributed by atoms with Crippen molar-refractivity contribution in [3.63, 3.8) is 0 Å². The normalized spacial score (nSPS) is 16.4. The molecule has 3 aromatic rings. The summed E-state index contributed by atoms with van der Waals surface area (Å²) in [6, 6.07) is 16.2. The highest BCUT2D eigenvalue weighted by molar-refractivity contribution is 5.76. The molecule has 1 aromatic heterocycles. The second-order valence-electron chi connectivity index (χ2n) is 10.3. The van der Waals surface area contributed by atoms with E-state index in [-0.39, 0.29) is 6.10 Å². The van der Waals surface area contributed by atoms with Gasteiger partial charge >= 0.3 is 0 Å². The Morgan fingerprint density at radius 2 is 1.79 bits per heavy atom. The molecule has 0 spiro atoms. The van der Waals surface area contributed by atoms with Crippen molar-refractivity contribution in [1.82, 2.24) is 4.98 Å². The van der Waals surface area contributed by atoms with Gasteiger partial charge in [0.05, 0.1) is 50.5 Å². The van der Waals surface area contributed by atoms with Crippen molar-refractivity contribution >= 4 is 24.2 Å². The van der Waals surface area contributed by atoms with E-state index in [0.29, 0.717) is 37.7 Å². The summed E-state index contributed by atoms with van der Waals surface area (Å²) in [4.78, 5) is 10.4. The van der Waals surface area contributed by atoms with Crippen LogP contribution in [0.25, 0.3) is 23.5 Å². The zero-order chi connectivity index (χ0) is 29.9. The summed E-state index contributed by atoms with van der Waals surface area (Å²) >= 11 is 0. The van der Waals surface area contributed by atoms with Crippen molar-refractivity contribution in [2.24, 2.45) is 4.99 Å². The number of aliphatic imine (C=N–C) groups is 1. The quantitative estimate of drug-likeness (QED) is 0.401. The predicted molar refractivity (Wildman–Crippen MR) is 169 cm³/mol. The number of aromatic nitrogens is 1. The molecule has 2 fully saturated rings. The maximum Gasteiger partial charge on any atom is 0.142 e. The Balaban J connectivity index is 0.00000129. The number of morpholine rings is 1. The average molecular weight is 571 g/mol. The van der Waals surface area contributed by atoms with Crippen LogP contribution >= 0.6 is 0 Å². The van der Waals surface area contributed by atoms with E-state index in [0.717, 1.165) is 70.5 Å². The molecule has 0 saturated carbocycles. The fourth-order valence-electron chi connectivity index (χ4n) is 5.04. The molecule has 2 aromatic carbocycles. The van der Waals surface area contributed by atoms with Crippen LogP contribution in [-0.4, -0.2) is 63.9 Å². The molecule has 2 aliphatic heterocycles. The number of nitriles is 1. The highest BCUT2D eigenvalue weighted by Gasteiger charge is 2.19. The molecular weight excluding hydrogens is 528 g/mol. The Morgan fingerprint density at radius 1 is 1.07 bits per heavy atom. The largest absolute Gasteiger partial charge is 0.495 e. The number of hydrogen-bond acceptors (Lipinski definition) is 7. The van der Waals surface area contributed by atoms with Gasteiger partial charge in [-0.1, -0.05) is 32.9 Å². The number of nitrogens with one attached hydrogen (secondary N) is 1. The minimum atomic E-state index is 0.0547. The first-order valence-electron chi connectivity index (χ1n) is 14.7. The van der Waals surface area contributed by atoms with Crippen molar-refractivity contribution < 1.29 is 18.9 Å². The van der Waals surface area contributed by atoms with E-state index in [1.807, 2.05) is 37.3 Å². The molecule has 42 heavy (non-hydrogen) atoms. The fourth-order valence-corrected chi connectivity index (χ4v) is 5.04. The van der Waals surface area contributed by atoms with Gasteiger partial charge in [-0.15, -0.1) is 0 Å². The molecule has 0 aliphatic carbocycles. The summed E-state index contributed by atoms with van der Waals surface area (Å²) in [5.74, 6) is 1.40. The van der Waals surface area contributed by atoms with Gasteiger partial charge in [-0.05, 0) is 43.3 Å². The van der Waals surface area contributed by atoms with E-state index in [1.165, 1.54) is 6.42 Å². The highest BCUT2D eigenvalue weighted by atomic mass is 16.5. The smallest absolute Gasteiger partial charge is 0.142 e. The van der Waals surface area contributed by atoms with Gasteiger partial charge in [-0.25, -0.2) is 0 Å². The third-order valence-corrected chi connectivity index (χ3v) is 7.09. The van der Waals surface area contributed by atoms with Crippen LogP contribution in [0.1, 0.15) is 51.2 Å². The number of rotatable bonds is 7. The molecular formula is C34H42N4O4. The molecule has 0 amide bonds. The second-order valence-corrected chi connectivity index (χ2v) is 10.3. The first-order valence-corrected chi connectivity index (χ1v) is 14.7. The van der Waals surface area contributed by atoms with Crippen LogP contribution in [0.3, 0.4) is 0 Å². The van der Waals surface area contributed by atoms with Crippen LogP contribution < -0.4 is 24.9 Å². The first kappa shape index (κ1) is 30.9. The predicted octanol–water partition coefficient (Wildman–Crippen LogP) is 5.03. The SMILES string of the molecule is C=c1[nH]c(-c2ccc(N3CCOCC3)c(OC)c2)c/c1=C(/N=CC)c1ccc(OC2CCOCC2)c(C#N)c1.CCC. The Morgan fingerprint density at radius 3 is 2.45 bits per heavy atom. The maximum atomic E-state index is 9.88. The molecule has 222 valence electrons. The van der Waals surface area contributed by atoms with Crippen LogP contribution in [0.15, 0.2) is 47.5 Å². The zero-order valence-electron chi connectivity index (χ0n) is 25.2. The van der Waals surface area contributed by atoms with Gasteiger partial charge in [0.2, 0.25) is 0 Å². The number of anilines is 1. The van der Waals surface area contributed by atoms with Crippen LogP contribution in [0.4, 0.5) is 5.69 Å². The second kappa shape index (κ2) is 15.2. The lowest BCUT2D eigenvalue weighted by atomic mass is 10.1. The third-order valence-electron chi connectivity index (χ3n) is 7.09. The molecule has 0 atom stereocenters. The van der Waals surface area contributed by atoms with Crippen LogP contribution in [0.2, 0.25) is 0 Å². The van der Waals surface area contributed by atoms with Gasteiger partial charge in [0, 0.05) is 59.5 Å². The Hall–Kier alpha value is -4.06. The number of H-pyrrole nitrogens is 1. The van der Waals surface area contributed by atoms with Crippen LogP contribution in [0, 0.1) is 11.3 Å². The summed E-state index contributed by atoms with van der Waals surface area (Å²) in [5, 5.41) is 11.5. The van der Waals surface area contributed by atoms with E-state index in [4.69, 9.17) is 18.9 Å². The number of aromatic amines is 1. The number of methoxy groups -OCH3 is 1. The topological polar surface area (TPSA) is 92.1 Å². The average Bonchev–Trinajstić information content (AvgIpc) is 3.42. The standard InChI is InChI=1S/C31H34N4O4.C3H8/c1-4-33-31(23-6-8-29(24(17-23)20-32)39-25-9-13-37-14-10-25)26-19-27(34-21(26)2)22-5-7-28(30(18-22)36-3)35-11-15-38-16-12-35;1-3-2/h4-8,17-19,25,34H,2,9-16H2,1,3H3;3H2,1-2H3/b31-26-,33-4?;. The van der Waals surface area contributed by atoms with Crippen molar-refractivity contribution in [3.8, 4) is 28.8 Å². The lowest BCUT2D eigenvalue weighted by Crippen LogP contribution is -2.36. The minimum Gasteiger partial charge on any atom is -0.495 e. The lowest BCUT2D eigenvalue weighted by Gasteiger charge is -2.30. The lowest BCUT2D eigenvalue weighted by molar-refractivity contribution is 0.0254. The van der Waals surface area contributed by atoms with Crippen molar-refractivity contribution in [3.05, 3.63) is 64.2 Å². The Labute approximate surface area is 248 Å². The van der Waals surface area contributed by atoms with Gasteiger partial charge in [0.15, 0.2) is 0 Å². The summed E-state index contributed by atoms with van der Waals surface area (Å²) in [6.07, 6.45) is 4.69. The first-order chi connectivity index (χ1) is 20.5. The van der Waals surface area contributed by atoms with Crippen molar-refractivity contribution in [2.75, 3.05) is 51.5 Å². The molecule has 2 saturated heterocycles. The van der Waals surface area contributed by atoms with Crippen molar-refractivity contribution in [1.29, 1.82) is 5.26 Å². The highest BCUT2D eigenvalue weighted by Crippen LogP contribution is 2.33. The van der Waals surface area contributed by atoms with Crippen LogP contribution in [-0.2, 0) is 9.47 Å². The summed E-state index contributed by atoms with van der Waals surface area (Å²) < 4.78 is 22.8. The Bertz CT molecular complexity index is 1510. The third kappa shape index (κ3) is 7.41. The van der Waals surface area contributed by atoms with Crippen molar-refractivity contribution in [2.45, 2.75) is 46.1 Å². The number of hydrogen-bond donors (Lipinski definition) is 1. The van der Waals surface area contributed by atoms with E-state index in [9.17, 15) is 5.26 Å². The van der Waals surface area contributed by atoms with E-state index in [2.05, 4.69) is 53.5 Å². The van der Waals surface area contributed by atoms with E-state index < -0.39 is 0 Å². The molecule has 0 radical (unpaired) electrons. The molecule has 8 nitrogen and oxygen atoms in total. The molecule has 8 heteroatoms. The molecule has 2 aliphatic rings. The van der Waals surface area contributed by atoms with Crippen LogP contribution in [0.5, 0.6) is 11.5 Å². The summed E-state index contributed by atoms with van der Waals surface area (Å²) in [5.41, 5.74) is 4.98. The van der Waals surface area contributed by atoms with Gasteiger partial charge in [-0.3, -0.25) is 4.99 Å². The number of nitrogens with zero attached hydrogens (tertiary/aromatic N) is 3. The van der Waals surface area contributed by atoms with E-state index in [1.54, 1.807) is 13.3 Å². The monoisotopic (exact) mass is 570 g/mol.